The van der Waals surface area contributed by atoms with Crippen molar-refractivity contribution in [1.29, 1.82) is 0 Å². The van der Waals surface area contributed by atoms with E-state index in [-0.39, 0.29) is 0 Å². The fourth-order valence-electron chi connectivity index (χ4n) is 3.43. The zero-order chi connectivity index (χ0) is 19.9. The van der Waals surface area contributed by atoms with E-state index in [1.807, 2.05) is 23.0 Å². The first-order chi connectivity index (χ1) is 14.3. The number of hydrogen-bond donors (Lipinski definition) is 1. The Labute approximate surface area is 170 Å². The lowest BCUT2D eigenvalue weighted by Crippen LogP contribution is -2.52. The molecule has 152 valence electrons. The number of aliphatic imine (C=N–C) groups is 1. The van der Waals surface area contributed by atoms with Crippen LogP contribution in [0.15, 0.2) is 64.6 Å². The fraction of sp³-hybridized carbons (Fsp3) is 0.381. The van der Waals surface area contributed by atoms with Crippen LogP contribution in [0.1, 0.15) is 18.2 Å². The van der Waals surface area contributed by atoms with Gasteiger partial charge in [0.1, 0.15) is 6.26 Å². The van der Waals surface area contributed by atoms with Gasteiger partial charge in [-0.2, -0.15) is 5.10 Å². The minimum absolute atomic E-state index is 0.654. The molecule has 0 atom stereocenters. The lowest BCUT2D eigenvalue weighted by molar-refractivity contribution is 0.169. The van der Waals surface area contributed by atoms with E-state index in [9.17, 15) is 0 Å². The first-order valence-corrected chi connectivity index (χ1v) is 10.1. The lowest BCUT2D eigenvalue weighted by atomic mass is 10.2. The Bertz CT molecular complexity index is 880. The summed E-state index contributed by atoms with van der Waals surface area (Å²) in [4.78, 5) is 9.59. The van der Waals surface area contributed by atoms with Gasteiger partial charge in [-0.05, 0) is 30.7 Å². The number of aromatic nitrogens is 3. The molecule has 0 radical (unpaired) electrons. The molecule has 1 aromatic carbocycles. The van der Waals surface area contributed by atoms with Crippen molar-refractivity contribution in [3.63, 3.8) is 0 Å². The smallest absolute Gasteiger partial charge is 0.194 e. The maximum absolute atomic E-state index is 4.93. The molecule has 0 bridgehead atoms. The van der Waals surface area contributed by atoms with Crippen molar-refractivity contribution in [2.45, 2.75) is 20.0 Å². The molecule has 0 aliphatic carbocycles. The van der Waals surface area contributed by atoms with Gasteiger partial charge in [0.15, 0.2) is 5.96 Å². The second kappa shape index (κ2) is 9.38. The molecule has 3 heterocycles. The monoisotopic (exact) mass is 393 g/mol. The van der Waals surface area contributed by atoms with E-state index in [0.717, 1.165) is 56.6 Å². The molecule has 8 heteroatoms. The van der Waals surface area contributed by atoms with Crippen LogP contribution in [-0.2, 0) is 13.1 Å². The highest BCUT2D eigenvalue weighted by molar-refractivity contribution is 5.80. The summed E-state index contributed by atoms with van der Waals surface area (Å²) in [5.74, 6) is 0.977. The molecule has 4 rings (SSSR count). The predicted octanol–water partition coefficient (Wildman–Crippen LogP) is 2.14. The van der Waals surface area contributed by atoms with Gasteiger partial charge < -0.3 is 14.7 Å². The Kier molecular flexibility index (Phi) is 6.21. The summed E-state index contributed by atoms with van der Waals surface area (Å²) < 4.78 is 6.79. The first kappa shape index (κ1) is 19.2. The quantitative estimate of drug-likeness (QED) is 0.511. The van der Waals surface area contributed by atoms with Gasteiger partial charge in [0.2, 0.25) is 0 Å². The maximum atomic E-state index is 4.93. The molecule has 1 fully saturated rings. The maximum Gasteiger partial charge on any atom is 0.194 e. The molecule has 1 N–H and O–H groups in total. The Morgan fingerprint density at radius 1 is 1.14 bits per heavy atom. The highest BCUT2D eigenvalue weighted by Gasteiger charge is 2.20. The molecule has 1 aliphatic rings. The van der Waals surface area contributed by atoms with Crippen molar-refractivity contribution >= 4 is 5.96 Å². The van der Waals surface area contributed by atoms with Crippen molar-refractivity contribution in [1.82, 2.24) is 30.1 Å². The summed E-state index contributed by atoms with van der Waals surface area (Å²) in [6, 6.07) is 12.2. The molecule has 2 aromatic heterocycles. The molecule has 1 saturated heterocycles. The highest BCUT2D eigenvalue weighted by atomic mass is 16.5. The zero-order valence-electron chi connectivity index (χ0n) is 16.7. The number of rotatable bonds is 6. The van der Waals surface area contributed by atoms with Gasteiger partial charge in [-0.1, -0.05) is 17.3 Å². The van der Waals surface area contributed by atoms with Gasteiger partial charge in [-0.25, -0.2) is 9.67 Å². The summed E-state index contributed by atoms with van der Waals surface area (Å²) in [5.41, 5.74) is 3.22. The van der Waals surface area contributed by atoms with Crippen molar-refractivity contribution < 1.29 is 4.52 Å². The van der Waals surface area contributed by atoms with Gasteiger partial charge in [-0.3, -0.25) is 4.90 Å². The minimum Gasteiger partial charge on any atom is -0.364 e. The van der Waals surface area contributed by atoms with Gasteiger partial charge in [0.05, 0.1) is 17.9 Å². The SMILES string of the molecule is CCNC(=NCc1ccc(-n2cccn2)cc1)N1CCN(Cc2ccon2)CC1. The Morgan fingerprint density at radius 2 is 1.97 bits per heavy atom. The minimum atomic E-state index is 0.654. The second-order valence-corrected chi connectivity index (χ2v) is 7.04. The van der Waals surface area contributed by atoms with E-state index in [2.05, 4.69) is 56.6 Å². The number of nitrogens with one attached hydrogen (secondary N) is 1. The van der Waals surface area contributed by atoms with E-state index in [1.54, 1.807) is 12.5 Å². The second-order valence-electron chi connectivity index (χ2n) is 7.04. The molecular formula is C21H27N7O. The number of benzene rings is 1. The number of hydrogen-bond acceptors (Lipinski definition) is 5. The Balaban J connectivity index is 1.34. The van der Waals surface area contributed by atoms with E-state index in [4.69, 9.17) is 9.52 Å². The van der Waals surface area contributed by atoms with Crippen LogP contribution in [0, 0.1) is 0 Å². The summed E-state index contributed by atoms with van der Waals surface area (Å²) in [5, 5.41) is 11.7. The van der Waals surface area contributed by atoms with Crippen LogP contribution in [0.3, 0.4) is 0 Å². The third-order valence-electron chi connectivity index (χ3n) is 5.00. The van der Waals surface area contributed by atoms with Crippen LogP contribution in [0.25, 0.3) is 5.69 Å². The van der Waals surface area contributed by atoms with Crippen LogP contribution in [0.4, 0.5) is 0 Å². The standard InChI is InChI=1S/C21H27N7O/c1-2-22-21(27-13-11-26(12-14-27)17-19-8-15-29-25-19)23-16-18-4-6-20(7-5-18)28-10-3-9-24-28/h3-10,15H,2,11-14,16-17H2,1H3,(H,22,23). The molecule has 0 amide bonds. The molecule has 0 spiro atoms. The summed E-state index contributed by atoms with van der Waals surface area (Å²) >= 11 is 0. The largest absolute Gasteiger partial charge is 0.364 e. The predicted molar refractivity (Wildman–Crippen MR) is 112 cm³/mol. The van der Waals surface area contributed by atoms with E-state index in [0.29, 0.717) is 6.54 Å². The molecule has 0 unspecified atom stereocenters. The van der Waals surface area contributed by atoms with Crippen LogP contribution in [0.2, 0.25) is 0 Å². The molecular weight excluding hydrogens is 366 g/mol. The average molecular weight is 393 g/mol. The van der Waals surface area contributed by atoms with E-state index >= 15 is 0 Å². The number of nitrogens with zero attached hydrogens (tertiary/aromatic N) is 6. The van der Waals surface area contributed by atoms with Crippen LogP contribution < -0.4 is 5.32 Å². The molecule has 3 aromatic rings. The van der Waals surface area contributed by atoms with Crippen molar-refractivity contribution in [3.8, 4) is 5.69 Å². The topological polar surface area (TPSA) is 74.7 Å². The average Bonchev–Trinajstić information content (AvgIpc) is 3.47. The zero-order valence-corrected chi connectivity index (χ0v) is 16.7. The van der Waals surface area contributed by atoms with E-state index in [1.165, 1.54) is 5.56 Å². The number of guanidine groups is 1. The van der Waals surface area contributed by atoms with E-state index < -0.39 is 0 Å². The third-order valence-corrected chi connectivity index (χ3v) is 5.00. The molecule has 0 saturated carbocycles. The Morgan fingerprint density at radius 3 is 2.62 bits per heavy atom. The van der Waals surface area contributed by atoms with Crippen molar-refractivity contribution in [2.75, 3.05) is 32.7 Å². The summed E-state index contributed by atoms with van der Waals surface area (Å²) in [6.07, 6.45) is 5.36. The third kappa shape index (κ3) is 5.03. The van der Waals surface area contributed by atoms with Crippen LogP contribution in [-0.4, -0.2) is 63.4 Å². The van der Waals surface area contributed by atoms with Gasteiger partial charge >= 0.3 is 0 Å². The fourth-order valence-corrected chi connectivity index (χ4v) is 3.43. The lowest BCUT2D eigenvalue weighted by Gasteiger charge is -2.36. The van der Waals surface area contributed by atoms with Crippen molar-refractivity contribution in [3.05, 3.63) is 66.3 Å². The van der Waals surface area contributed by atoms with Gasteiger partial charge in [0.25, 0.3) is 0 Å². The molecule has 8 nitrogen and oxygen atoms in total. The molecule has 29 heavy (non-hydrogen) atoms. The van der Waals surface area contributed by atoms with Crippen molar-refractivity contribution in [2.24, 2.45) is 4.99 Å². The van der Waals surface area contributed by atoms with Gasteiger partial charge in [0, 0.05) is 57.7 Å². The van der Waals surface area contributed by atoms with Crippen LogP contribution >= 0.6 is 0 Å². The summed E-state index contributed by atoms with van der Waals surface area (Å²) in [6.45, 7) is 8.31. The molecule has 1 aliphatic heterocycles. The number of piperazine rings is 1. The summed E-state index contributed by atoms with van der Waals surface area (Å²) in [7, 11) is 0. The Hall–Kier alpha value is -3.13. The highest BCUT2D eigenvalue weighted by Crippen LogP contribution is 2.11. The normalized spacial score (nSPS) is 15.6. The van der Waals surface area contributed by atoms with Crippen LogP contribution in [0.5, 0.6) is 0 Å². The van der Waals surface area contributed by atoms with Gasteiger partial charge in [-0.15, -0.1) is 0 Å². The first-order valence-electron chi connectivity index (χ1n) is 10.1.